The van der Waals surface area contributed by atoms with Crippen molar-refractivity contribution in [2.24, 2.45) is 0 Å². The molecule has 0 aliphatic carbocycles. The summed E-state index contributed by atoms with van der Waals surface area (Å²) in [5.74, 6) is 0.167. The molecule has 0 aliphatic rings. The van der Waals surface area contributed by atoms with Crippen molar-refractivity contribution in [1.82, 2.24) is 9.88 Å². The van der Waals surface area contributed by atoms with Gasteiger partial charge in [0.25, 0.3) is 0 Å². The van der Waals surface area contributed by atoms with Gasteiger partial charge in [0, 0.05) is 39.8 Å². The molecule has 2 atom stereocenters. The zero-order chi connectivity index (χ0) is 24.3. The van der Waals surface area contributed by atoms with Gasteiger partial charge in [0.1, 0.15) is 0 Å². The van der Waals surface area contributed by atoms with Gasteiger partial charge in [0.05, 0.1) is 13.0 Å². The van der Waals surface area contributed by atoms with E-state index >= 15 is 0 Å². The summed E-state index contributed by atoms with van der Waals surface area (Å²) in [5, 5.41) is 13.1. The van der Waals surface area contributed by atoms with E-state index in [1.165, 1.54) is 0 Å². The van der Waals surface area contributed by atoms with Crippen molar-refractivity contribution in [1.29, 1.82) is 0 Å². The number of hydrogen-bond donors (Lipinski definition) is 0. The standard InChI is InChI=1S/C28H28BrClN2O2/c1-32(2)16-15-28(33,25-10-6-8-19-7-4-5-9-23(19)25)26(20-11-13-22(30)14-12-20)24-17-21(29)18-31-27(24)34-3/h4-14,17-18,26,33H,15-16H2,1-3H3/p+1. The van der Waals surface area contributed by atoms with Crippen LogP contribution in [-0.4, -0.2) is 42.7 Å². The van der Waals surface area contributed by atoms with Crippen LogP contribution in [0.5, 0.6) is 5.88 Å². The summed E-state index contributed by atoms with van der Waals surface area (Å²) in [5.41, 5.74) is 1.81. The van der Waals surface area contributed by atoms with Gasteiger partial charge in [-0.1, -0.05) is 66.2 Å². The zero-order valence-corrected chi connectivity index (χ0v) is 21.9. The average Bonchev–Trinajstić information content (AvgIpc) is 2.84. The predicted molar refractivity (Wildman–Crippen MR) is 144 cm³/mol. The molecule has 1 aromatic heterocycles. The lowest BCUT2D eigenvalue weighted by Gasteiger charge is -2.35. The summed E-state index contributed by atoms with van der Waals surface area (Å²) in [6.45, 7) is 0.751. The minimum Gasteiger partial charge on any atom is -0.481 e. The molecule has 1 heterocycles. The minimum atomic E-state index is -1.02. The highest BCUT2D eigenvalue weighted by atomic mass is 79.9. The summed E-state index contributed by atoms with van der Waals surface area (Å²) in [6, 6.07) is 24.3. The molecule has 0 saturated heterocycles. The highest BCUT2D eigenvalue weighted by Gasteiger charge is 2.47. The van der Waals surface area contributed by atoms with Gasteiger partial charge in [0.2, 0.25) is 11.5 Å². The van der Waals surface area contributed by atoms with Crippen LogP contribution in [0.2, 0.25) is 5.02 Å². The maximum absolute atomic E-state index is 10.2. The van der Waals surface area contributed by atoms with Gasteiger partial charge in [-0.2, -0.15) is 0 Å². The summed E-state index contributed by atoms with van der Waals surface area (Å²) < 4.78 is 6.56. The molecule has 0 aliphatic heterocycles. The Morgan fingerprint density at radius 1 is 1.06 bits per heavy atom. The average molecular weight is 541 g/mol. The lowest BCUT2D eigenvalue weighted by Crippen LogP contribution is -2.38. The first-order valence-corrected chi connectivity index (χ1v) is 12.3. The number of benzene rings is 3. The van der Waals surface area contributed by atoms with Gasteiger partial charge in [-0.05, 0) is 64.6 Å². The quantitative estimate of drug-likeness (QED) is 0.244. The van der Waals surface area contributed by atoms with Crippen LogP contribution >= 0.6 is 27.5 Å². The molecular weight excluding hydrogens is 512 g/mol. The maximum Gasteiger partial charge on any atom is 0.217 e. The molecule has 34 heavy (non-hydrogen) atoms. The number of nitrogens with zero attached hydrogens (tertiary/aromatic N) is 2. The fraction of sp³-hybridized carbons (Fsp3) is 0.250. The molecule has 0 amide bonds. The normalized spacial score (nSPS) is 14.2. The highest BCUT2D eigenvalue weighted by molar-refractivity contribution is 9.10. The molecule has 0 saturated carbocycles. The van der Waals surface area contributed by atoms with E-state index in [9.17, 15) is 5.11 Å². The molecular formula is C28H29BrClN2O2+. The molecule has 2 N–H and O–H groups in total. The number of methoxy groups -OCH3 is 1. The van der Waals surface area contributed by atoms with E-state index in [1.807, 2.05) is 62.6 Å². The number of fused-ring (bicyclic) bond motifs is 1. The monoisotopic (exact) mass is 539 g/mol. The molecule has 2 unspecified atom stereocenters. The van der Waals surface area contributed by atoms with Crippen LogP contribution in [0.3, 0.4) is 0 Å². The molecule has 3 aromatic carbocycles. The van der Waals surface area contributed by atoms with Crippen molar-refractivity contribution in [3.05, 3.63) is 105 Å². The van der Waals surface area contributed by atoms with Gasteiger partial charge in [0.15, 0.2) is 0 Å². The van der Waals surface area contributed by atoms with Crippen LogP contribution in [-0.2, 0) is 5.60 Å². The Bertz CT molecular complexity index is 1270. The van der Waals surface area contributed by atoms with Crippen LogP contribution in [0.25, 0.3) is 10.8 Å². The molecule has 6 heteroatoms. The molecule has 4 aromatic rings. The lowest BCUT2D eigenvalue weighted by molar-refractivity contribution is 0.00513. The molecule has 0 fully saturated rings. The Hall–Kier alpha value is -2.44. The van der Waals surface area contributed by atoms with Crippen LogP contribution in [0.15, 0.2) is 83.5 Å². The Balaban J connectivity index is 2.05. The van der Waals surface area contributed by atoms with E-state index in [0.717, 1.165) is 38.5 Å². The van der Waals surface area contributed by atoms with E-state index in [2.05, 4.69) is 50.1 Å². The first-order valence-electron chi connectivity index (χ1n) is 11.2. The Morgan fingerprint density at radius 2 is 1.76 bits per heavy atom. The van der Waals surface area contributed by atoms with Gasteiger partial charge in [-0.3, -0.25) is 0 Å². The molecule has 0 bridgehead atoms. The number of rotatable bonds is 8. The van der Waals surface area contributed by atoms with E-state index < -0.39 is 5.60 Å². The number of hydrogen-bond acceptors (Lipinski definition) is 3. The zero-order valence-electron chi connectivity index (χ0n) is 19.6. The topological polar surface area (TPSA) is 48.3 Å². The first kappa shape index (κ1) is 24.7. The van der Waals surface area contributed by atoms with E-state index in [4.69, 9.17) is 16.3 Å². The summed E-state index contributed by atoms with van der Waals surface area (Å²) >= 11 is 9.85. The third kappa shape index (κ3) is 4.98. The van der Waals surface area contributed by atoms with Crippen LogP contribution in [0.1, 0.15) is 29.0 Å². The Labute approximate surface area is 214 Å². The molecule has 4 nitrogen and oxygen atoms in total. The minimum absolute atomic E-state index is 0.351. The third-order valence-corrected chi connectivity index (χ3v) is 6.96. The fourth-order valence-electron chi connectivity index (χ4n) is 4.65. The molecule has 0 spiro atoms. The van der Waals surface area contributed by atoms with Crippen LogP contribution in [0.4, 0.5) is 0 Å². The second-order valence-electron chi connectivity index (χ2n) is 8.79. The van der Waals surface area contributed by atoms with Crippen molar-refractivity contribution in [2.75, 3.05) is 27.7 Å². The van der Waals surface area contributed by atoms with Crippen molar-refractivity contribution in [3.63, 3.8) is 0 Å². The van der Waals surface area contributed by atoms with Crippen molar-refractivity contribution in [3.8, 4) is 5.88 Å². The van der Waals surface area contributed by atoms with E-state index in [0.29, 0.717) is 17.3 Å². The maximum atomic E-state index is 10.2. The van der Waals surface area contributed by atoms with E-state index in [-0.39, 0.29) is 5.92 Å². The van der Waals surface area contributed by atoms with Crippen LogP contribution < -0.4 is 4.74 Å². The van der Waals surface area contributed by atoms with E-state index in [1.54, 1.807) is 13.3 Å². The second kappa shape index (κ2) is 10.4. The second-order valence-corrected chi connectivity index (χ2v) is 10.1. The van der Waals surface area contributed by atoms with Crippen molar-refractivity contribution >= 4 is 38.3 Å². The van der Waals surface area contributed by atoms with Gasteiger partial charge in [-0.15, -0.1) is 0 Å². The molecule has 0 radical (unpaired) electrons. The number of aromatic nitrogens is 1. The van der Waals surface area contributed by atoms with Crippen LogP contribution in [0, 0.1) is 0 Å². The summed E-state index contributed by atoms with van der Waals surface area (Å²) in [4.78, 5) is 6.67. The SMILES string of the molecule is COc1ncc(Br)cc1C(c1ccc(Cl)cc1)C([OH2+])(CCN(C)C)c1cccc2ccccc12. The number of ether oxygens (including phenoxy) is 1. The Morgan fingerprint density at radius 3 is 2.47 bits per heavy atom. The van der Waals surface area contributed by atoms with Crippen molar-refractivity contribution in [2.45, 2.75) is 17.9 Å². The fourth-order valence-corrected chi connectivity index (χ4v) is 5.13. The largest absolute Gasteiger partial charge is 0.481 e. The molecule has 176 valence electrons. The molecule has 4 rings (SSSR count). The van der Waals surface area contributed by atoms with Gasteiger partial charge < -0.3 is 14.7 Å². The lowest BCUT2D eigenvalue weighted by atomic mass is 9.71. The third-order valence-electron chi connectivity index (χ3n) is 6.27. The summed E-state index contributed by atoms with van der Waals surface area (Å²) in [6.07, 6.45) is 2.33. The summed E-state index contributed by atoms with van der Waals surface area (Å²) in [7, 11) is 5.71. The predicted octanol–water partition coefficient (Wildman–Crippen LogP) is 6.36. The Kier molecular flexibility index (Phi) is 7.58. The smallest absolute Gasteiger partial charge is 0.217 e. The highest BCUT2D eigenvalue weighted by Crippen LogP contribution is 2.48. The van der Waals surface area contributed by atoms with Crippen molar-refractivity contribution < 1.29 is 9.84 Å². The van der Waals surface area contributed by atoms with Gasteiger partial charge >= 0.3 is 0 Å². The number of pyridine rings is 1. The first-order chi connectivity index (χ1) is 16.3. The van der Waals surface area contributed by atoms with Gasteiger partial charge in [-0.25, -0.2) is 4.98 Å². The number of halogens is 2.